The maximum atomic E-state index is 12.4. The van der Waals surface area contributed by atoms with Gasteiger partial charge in [-0.15, -0.1) is 0 Å². The van der Waals surface area contributed by atoms with Gasteiger partial charge in [-0.1, -0.05) is 41.4 Å². The Morgan fingerprint density at radius 2 is 1.76 bits per heavy atom. The topological polar surface area (TPSA) is 75.3 Å². The fourth-order valence-corrected chi connectivity index (χ4v) is 4.02. The van der Waals surface area contributed by atoms with Gasteiger partial charge in [0.2, 0.25) is 15.9 Å². The molecule has 0 spiro atoms. The first-order valence-corrected chi connectivity index (χ1v) is 9.94. The van der Waals surface area contributed by atoms with E-state index >= 15 is 0 Å². The zero-order chi connectivity index (χ0) is 18.0. The van der Waals surface area contributed by atoms with Crippen LogP contribution in [0.5, 0.6) is 0 Å². The number of halogens is 2. The summed E-state index contributed by atoms with van der Waals surface area (Å²) < 4.78 is 27.2. The molecule has 0 atom stereocenters. The van der Waals surface area contributed by atoms with Crippen LogP contribution in [-0.4, -0.2) is 14.3 Å². The van der Waals surface area contributed by atoms with Crippen LogP contribution < -0.4 is 10.0 Å². The lowest BCUT2D eigenvalue weighted by Gasteiger charge is -2.10. The van der Waals surface area contributed by atoms with Crippen LogP contribution in [0.2, 0.25) is 10.0 Å². The second-order valence-corrected chi connectivity index (χ2v) is 8.36. The van der Waals surface area contributed by atoms with Gasteiger partial charge < -0.3 is 5.32 Å². The summed E-state index contributed by atoms with van der Waals surface area (Å²) in [4.78, 5) is 11.6. The largest absolute Gasteiger partial charge is 0.326 e. The van der Waals surface area contributed by atoms with Crippen molar-refractivity contribution in [1.82, 2.24) is 4.72 Å². The van der Waals surface area contributed by atoms with Gasteiger partial charge in [0.15, 0.2) is 0 Å². The summed E-state index contributed by atoms with van der Waals surface area (Å²) in [6, 6.07) is 11.5. The van der Waals surface area contributed by atoms with Crippen molar-refractivity contribution in [3.8, 4) is 0 Å². The van der Waals surface area contributed by atoms with E-state index in [1.54, 1.807) is 24.3 Å². The highest BCUT2D eigenvalue weighted by atomic mass is 35.5. The van der Waals surface area contributed by atoms with Gasteiger partial charge in [0.05, 0.1) is 10.0 Å². The molecule has 0 saturated heterocycles. The van der Waals surface area contributed by atoms with E-state index in [-0.39, 0.29) is 33.3 Å². The van der Waals surface area contributed by atoms with Crippen molar-refractivity contribution in [1.29, 1.82) is 0 Å². The highest BCUT2D eigenvalue weighted by Crippen LogP contribution is 2.30. The number of rotatable bonds is 6. The summed E-state index contributed by atoms with van der Waals surface area (Å²) in [6.07, 6.45) is 1.88. The van der Waals surface area contributed by atoms with Gasteiger partial charge in [-0.2, -0.15) is 0 Å². The Morgan fingerprint density at radius 1 is 1.08 bits per heavy atom. The van der Waals surface area contributed by atoms with Gasteiger partial charge in [0, 0.05) is 18.2 Å². The lowest BCUT2D eigenvalue weighted by molar-refractivity contribution is -0.117. The van der Waals surface area contributed by atoms with Crippen LogP contribution >= 0.6 is 23.2 Å². The van der Waals surface area contributed by atoms with Gasteiger partial charge in [-0.25, -0.2) is 13.1 Å². The summed E-state index contributed by atoms with van der Waals surface area (Å²) in [6.45, 7) is 0.0992. The number of nitrogens with one attached hydrogen (secondary N) is 2. The van der Waals surface area contributed by atoms with Gasteiger partial charge in [0.1, 0.15) is 4.90 Å². The van der Waals surface area contributed by atoms with Crippen molar-refractivity contribution < 1.29 is 13.2 Å². The van der Waals surface area contributed by atoms with Crippen LogP contribution in [0, 0.1) is 5.92 Å². The number of amides is 1. The minimum Gasteiger partial charge on any atom is -0.326 e. The summed E-state index contributed by atoms with van der Waals surface area (Å²) in [5.41, 5.74) is 1.45. The Balaban J connectivity index is 1.64. The fourth-order valence-electron chi connectivity index (χ4n) is 2.24. The Hall–Kier alpha value is -1.60. The van der Waals surface area contributed by atoms with E-state index in [4.69, 9.17) is 23.2 Å². The molecule has 0 unspecified atom stereocenters. The summed E-state index contributed by atoms with van der Waals surface area (Å²) in [5.74, 6) is 0.165. The molecule has 25 heavy (non-hydrogen) atoms. The Morgan fingerprint density at radius 3 is 2.40 bits per heavy atom. The van der Waals surface area contributed by atoms with Gasteiger partial charge in [-0.3, -0.25) is 4.79 Å². The average Bonchev–Trinajstić information content (AvgIpc) is 3.42. The first-order chi connectivity index (χ1) is 11.9. The predicted octanol–water partition coefficient (Wildman–Crippen LogP) is 3.82. The van der Waals surface area contributed by atoms with Crippen LogP contribution in [-0.2, 0) is 21.4 Å². The third kappa shape index (κ3) is 4.52. The second-order valence-electron chi connectivity index (χ2n) is 5.84. The lowest BCUT2D eigenvalue weighted by Crippen LogP contribution is -2.23. The van der Waals surface area contributed by atoms with Gasteiger partial charge in [0.25, 0.3) is 0 Å². The summed E-state index contributed by atoms with van der Waals surface area (Å²) >= 11 is 11.8. The highest BCUT2D eigenvalue weighted by Gasteiger charge is 2.29. The van der Waals surface area contributed by atoms with E-state index in [0.717, 1.165) is 18.4 Å². The van der Waals surface area contributed by atoms with Crippen molar-refractivity contribution in [3.05, 3.63) is 58.1 Å². The molecule has 0 radical (unpaired) electrons. The maximum Gasteiger partial charge on any atom is 0.242 e. The van der Waals surface area contributed by atoms with Crippen molar-refractivity contribution in [3.63, 3.8) is 0 Å². The minimum absolute atomic E-state index is 0.00481. The molecule has 1 aliphatic rings. The zero-order valence-corrected chi connectivity index (χ0v) is 15.5. The van der Waals surface area contributed by atoms with Crippen LogP contribution in [0.25, 0.3) is 0 Å². The molecule has 0 aromatic heterocycles. The monoisotopic (exact) mass is 398 g/mol. The van der Waals surface area contributed by atoms with Crippen LogP contribution in [0.4, 0.5) is 5.69 Å². The first kappa shape index (κ1) is 18.2. The molecular formula is C17H16Cl2N2O3S. The van der Waals surface area contributed by atoms with E-state index in [2.05, 4.69) is 10.0 Å². The normalized spacial score (nSPS) is 14.3. The molecule has 8 heteroatoms. The van der Waals surface area contributed by atoms with Gasteiger partial charge in [-0.05, 0) is 42.7 Å². The quantitative estimate of drug-likeness (QED) is 0.776. The molecule has 132 valence electrons. The Bertz CT molecular complexity index is 895. The molecule has 0 aliphatic heterocycles. The molecule has 0 bridgehead atoms. The van der Waals surface area contributed by atoms with Crippen molar-refractivity contribution in [2.45, 2.75) is 24.3 Å². The van der Waals surface area contributed by atoms with E-state index in [1.165, 1.54) is 18.2 Å². The lowest BCUT2D eigenvalue weighted by atomic mass is 10.2. The minimum atomic E-state index is -3.78. The number of sulfonamides is 1. The smallest absolute Gasteiger partial charge is 0.242 e. The first-order valence-electron chi connectivity index (χ1n) is 7.70. The fraction of sp³-hybridized carbons (Fsp3) is 0.235. The number of carbonyl (C=O) groups is 1. The van der Waals surface area contributed by atoms with Crippen LogP contribution in [0.15, 0.2) is 47.4 Å². The predicted molar refractivity (Wildman–Crippen MR) is 98.3 cm³/mol. The molecule has 5 nitrogen and oxygen atoms in total. The zero-order valence-electron chi connectivity index (χ0n) is 13.1. The molecule has 2 N–H and O–H groups in total. The standard InChI is InChI=1S/C17H16Cl2N2O3S/c18-14-2-1-3-15(16(14)19)25(23,24)20-10-11-4-8-13(9-5-11)21-17(22)12-6-7-12/h1-5,8-9,12,20H,6-7,10H2,(H,21,22). The van der Waals surface area contributed by atoms with E-state index < -0.39 is 10.0 Å². The van der Waals surface area contributed by atoms with Crippen molar-refractivity contribution >= 4 is 44.8 Å². The number of benzene rings is 2. The molecule has 2 aromatic carbocycles. The highest BCUT2D eigenvalue weighted by molar-refractivity contribution is 7.89. The van der Waals surface area contributed by atoms with E-state index in [1.807, 2.05) is 0 Å². The molecule has 3 rings (SSSR count). The van der Waals surface area contributed by atoms with Crippen molar-refractivity contribution in [2.75, 3.05) is 5.32 Å². The molecule has 1 saturated carbocycles. The van der Waals surface area contributed by atoms with Crippen molar-refractivity contribution in [2.24, 2.45) is 5.92 Å². The summed E-state index contributed by atoms with van der Waals surface area (Å²) in [7, 11) is -3.78. The summed E-state index contributed by atoms with van der Waals surface area (Å²) in [5, 5.41) is 3.01. The number of hydrogen-bond acceptors (Lipinski definition) is 3. The Labute approximate surface area is 156 Å². The molecule has 1 amide bonds. The molecule has 1 fully saturated rings. The molecule has 2 aromatic rings. The molecular weight excluding hydrogens is 383 g/mol. The average molecular weight is 399 g/mol. The number of anilines is 1. The third-order valence-electron chi connectivity index (χ3n) is 3.84. The maximum absolute atomic E-state index is 12.4. The molecule has 1 aliphatic carbocycles. The third-order valence-corrected chi connectivity index (χ3v) is 6.22. The Kier molecular flexibility index (Phi) is 5.34. The van der Waals surface area contributed by atoms with E-state index in [0.29, 0.717) is 5.69 Å². The number of carbonyl (C=O) groups excluding carboxylic acids is 1. The van der Waals surface area contributed by atoms with E-state index in [9.17, 15) is 13.2 Å². The van der Waals surface area contributed by atoms with Gasteiger partial charge >= 0.3 is 0 Å². The second kappa shape index (κ2) is 7.33. The van der Waals surface area contributed by atoms with Crippen LogP contribution in [0.1, 0.15) is 18.4 Å². The molecule has 0 heterocycles. The SMILES string of the molecule is O=C(Nc1ccc(CNS(=O)(=O)c2cccc(Cl)c2Cl)cc1)C1CC1. The van der Waals surface area contributed by atoms with Crippen LogP contribution in [0.3, 0.4) is 0 Å². The number of hydrogen-bond donors (Lipinski definition) is 2.